The second-order valence-corrected chi connectivity index (χ2v) is 4.74. The lowest BCUT2D eigenvalue weighted by Crippen LogP contribution is -2.40. The van der Waals surface area contributed by atoms with Crippen molar-refractivity contribution in [1.29, 1.82) is 0 Å². The SMILES string of the molecule is CCOC1CCCN(c2cc(C(F)(F)F)nc(NN)n2)C1. The van der Waals surface area contributed by atoms with Gasteiger partial charge in [0.1, 0.15) is 5.82 Å². The van der Waals surface area contributed by atoms with E-state index in [-0.39, 0.29) is 17.9 Å². The third-order valence-electron chi connectivity index (χ3n) is 3.24. The van der Waals surface area contributed by atoms with Crippen molar-refractivity contribution < 1.29 is 17.9 Å². The van der Waals surface area contributed by atoms with Gasteiger partial charge in [0.15, 0.2) is 5.69 Å². The first kappa shape index (κ1) is 15.8. The summed E-state index contributed by atoms with van der Waals surface area (Å²) in [5, 5.41) is 0. The van der Waals surface area contributed by atoms with E-state index in [0.717, 1.165) is 18.9 Å². The molecule has 1 atom stereocenters. The van der Waals surface area contributed by atoms with Gasteiger partial charge in [-0.15, -0.1) is 0 Å². The second kappa shape index (κ2) is 6.44. The van der Waals surface area contributed by atoms with Crippen molar-refractivity contribution in [3.05, 3.63) is 11.8 Å². The number of nitrogen functional groups attached to an aromatic ring is 1. The number of halogens is 3. The predicted molar refractivity (Wildman–Crippen MR) is 71.7 cm³/mol. The summed E-state index contributed by atoms with van der Waals surface area (Å²) in [7, 11) is 0. The van der Waals surface area contributed by atoms with E-state index in [2.05, 4.69) is 15.4 Å². The van der Waals surface area contributed by atoms with Crippen molar-refractivity contribution in [2.45, 2.75) is 32.0 Å². The summed E-state index contributed by atoms with van der Waals surface area (Å²) < 4.78 is 44.1. The Kier molecular flexibility index (Phi) is 4.84. The molecule has 1 saturated heterocycles. The molecule has 3 N–H and O–H groups in total. The Morgan fingerprint density at radius 3 is 2.86 bits per heavy atom. The van der Waals surface area contributed by atoms with Crippen LogP contribution in [-0.2, 0) is 10.9 Å². The summed E-state index contributed by atoms with van der Waals surface area (Å²) in [6, 6.07) is 0.940. The van der Waals surface area contributed by atoms with E-state index in [1.165, 1.54) is 0 Å². The van der Waals surface area contributed by atoms with Gasteiger partial charge in [-0.2, -0.15) is 18.2 Å². The number of nitrogens with one attached hydrogen (secondary N) is 1. The third kappa shape index (κ3) is 3.94. The standard InChI is InChI=1S/C12H18F3N5O/c1-2-21-8-4-3-5-20(7-8)10-6-9(12(13,14)15)17-11(18-10)19-16/h6,8H,2-5,7,16H2,1H3,(H,17,18,19). The fourth-order valence-electron chi connectivity index (χ4n) is 2.32. The quantitative estimate of drug-likeness (QED) is 0.652. The molecular formula is C12H18F3N5O. The Labute approximate surface area is 120 Å². The molecule has 1 aliphatic heterocycles. The first-order chi connectivity index (χ1) is 9.94. The highest BCUT2D eigenvalue weighted by Crippen LogP contribution is 2.31. The molecular weight excluding hydrogens is 287 g/mol. The fraction of sp³-hybridized carbons (Fsp3) is 0.667. The van der Waals surface area contributed by atoms with Gasteiger partial charge in [0.05, 0.1) is 6.10 Å². The lowest BCUT2D eigenvalue weighted by atomic mass is 10.1. The van der Waals surface area contributed by atoms with Gasteiger partial charge in [-0.3, -0.25) is 5.43 Å². The van der Waals surface area contributed by atoms with Crippen LogP contribution in [0.3, 0.4) is 0 Å². The van der Waals surface area contributed by atoms with Crippen LogP contribution < -0.4 is 16.2 Å². The van der Waals surface area contributed by atoms with Crippen LogP contribution in [0.25, 0.3) is 0 Å². The Morgan fingerprint density at radius 1 is 1.48 bits per heavy atom. The van der Waals surface area contributed by atoms with Crippen LogP contribution in [0.5, 0.6) is 0 Å². The highest BCUT2D eigenvalue weighted by molar-refractivity contribution is 5.45. The molecule has 1 aromatic rings. The molecule has 1 unspecified atom stereocenters. The number of hydrogen-bond donors (Lipinski definition) is 2. The maximum absolute atomic E-state index is 12.8. The number of nitrogens with zero attached hydrogens (tertiary/aromatic N) is 3. The number of nitrogens with two attached hydrogens (primary N) is 1. The number of piperidine rings is 1. The zero-order valence-corrected chi connectivity index (χ0v) is 11.7. The minimum atomic E-state index is -4.54. The summed E-state index contributed by atoms with van der Waals surface area (Å²) in [6.07, 6.45) is -2.81. The lowest BCUT2D eigenvalue weighted by Gasteiger charge is -2.33. The Morgan fingerprint density at radius 2 is 2.24 bits per heavy atom. The number of rotatable bonds is 4. The third-order valence-corrected chi connectivity index (χ3v) is 3.24. The van der Waals surface area contributed by atoms with Gasteiger partial charge in [-0.05, 0) is 19.8 Å². The first-order valence-corrected chi connectivity index (χ1v) is 6.73. The van der Waals surface area contributed by atoms with Gasteiger partial charge in [0, 0.05) is 25.8 Å². The van der Waals surface area contributed by atoms with Crippen LogP contribution in [0.4, 0.5) is 24.9 Å². The molecule has 9 heteroatoms. The van der Waals surface area contributed by atoms with Crippen LogP contribution in [0, 0.1) is 0 Å². The van der Waals surface area contributed by atoms with Gasteiger partial charge in [-0.25, -0.2) is 10.8 Å². The van der Waals surface area contributed by atoms with E-state index in [4.69, 9.17) is 10.6 Å². The monoisotopic (exact) mass is 305 g/mol. The number of alkyl halides is 3. The highest BCUT2D eigenvalue weighted by atomic mass is 19.4. The van der Waals surface area contributed by atoms with Gasteiger partial charge < -0.3 is 9.64 Å². The smallest absolute Gasteiger partial charge is 0.377 e. The lowest BCUT2D eigenvalue weighted by molar-refractivity contribution is -0.141. The summed E-state index contributed by atoms with van der Waals surface area (Å²) in [6.45, 7) is 3.60. The maximum atomic E-state index is 12.8. The van der Waals surface area contributed by atoms with Crippen LogP contribution >= 0.6 is 0 Å². The summed E-state index contributed by atoms with van der Waals surface area (Å²) in [5.74, 6) is 5.10. The number of hydrogen-bond acceptors (Lipinski definition) is 6. The van der Waals surface area contributed by atoms with Crippen LogP contribution in [0.15, 0.2) is 6.07 Å². The van der Waals surface area contributed by atoms with Gasteiger partial charge in [0.2, 0.25) is 5.95 Å². The maximum Gasteiger partial charge on any atom is 0.433 e. The van der Waals surface area contributed by atoms with Crippen LogP contribution in [-0.4, -0.2) is 35.8 Å². The first-order valence-electron chi connectivity index (χ1n) is 6.73. The van der Waals surface area contributed by atoms with E-state index in [1.54, 1.807) is 4.90 Å². The molecule has 2 heterocycles. The second-order valence-electron chi connectivity index (χ2n) is 4.74. The summed E-state index contributed by atoms with van der Waals surface area (Å²) in [4.78, 5) is 9.12. The largest absolute Gasteiger partial charge is 0.433 e. The van der Waals surface area contributed by atoms with E-state index in [0.29, 0.717) is 19.7 Å². The highest BCUT2D eigenvalue weighted by Gasteiger charge is 2.34. The van der Waals surface area contributed by atoms with Crippen molar-refractivity contribution >= 4 is 11.8 Å². The molecule has 0 aromatic carbocycles. The Hall–Kier alpha value is -1.61. The zero-order chi connectivity index (χ0) is 15.5. The molecule has 118 valence electrons. The number of ether oxygens (including phenoxy) is 1. The molecule has 0 amide bonds. The average molecular weight is 305 g/mol. The minimum absolute atomic E-state index is 0.00216. The summed E-state index contributed by atoms with van der Waals surface area (Å²) >= 11 is 0. The van der Waals surface area contributed by atoms with Crippen molar-refractivity contribution in [1.82, 2.24) is 9.97 Å². The molecule has 1 aromatic heterocycles. The number of hydrazine groups is 1. The van der Waals surface area contributed by atoms with Crippen molar-refractivity contribution in [3.63, 3.8) is 0 Å². The van der Waals surface area contributed by atoms with Gasteiger partial charge in [-0.1, -0.05) is 0 Å². The predicted octanol–water partition coefficient (Wildman–Crippen LogP) is 1.79. The Bertz CT molecular complexity index is 480. The molecule has 1 fully saturated rings. The topological polar surface area (TPSA) is 76.3 Å². The Balaban J connectivity index is 2.25. The molecule has 0 radical (unpaired) electrons. The minimum Gasteiger partial charge on any atom is -0.377 e. The number of aromatic nitrogens is 2. The molecule has 0 aliphatic carbocycles. The van der Waals surface area contributed by atoms with Gasteiger partial charge in [0.25, 0.3) is 0 Å². The molecule has 0 spiro atoms. The molecule has 21 heavy (non-hydrogen) atoms. The molecule has 0 saturated carbocycles. The fourth-order valence-corrected chi connectivity index (χ4v) is 2.32. The molecule has 0 bridgehead atoms. The van der Waals surface area contributed by atoms with E-state index < -0.39 is 11.9 Å². The van der Waals surface area contributed by atoms with E-state index >= 15 is 0 Å². The van der Waals surface area contributed by atoms with E-state index in [9.17, 15) is 13.2 Å². The molecule has 6 nitrogen and oxygen atoms in total. The van der Waals surface area contributed by atoms with Crippen molar-refractivity contribution in [3.8, 4) is 0 Å². The molecule has 1 aliphatic rings. The normalized spacial score (nSPS) is 19.7. The average Bonchev–Trinajstić information content (AvgIpc) is 2.46. The van der Waals surface area contributed by atoms with E-state index in [1.807, 2.05) is 6.92 Å². The summed E-state index contributed by atoms with van der Waals surface area (Å²) in [5.41, 5.74) is 1.06. The van der Waals surface area contributed by atoms with Crippen molar-refractivity contribution in [2.75, 3.05) is 30.0 Å². The zero-order valence-electron chi connectivity index (χ0n) is 11.7. The molecule has 2 rings (SSSR count). The van der Waals surface area contributed by atoms with Crippen LogP contribution in [0.1, 0.15) is 25.5 Å². The number of anilines is 2. The van der Waals surface area contributed by atoms with Gasteiger partial charge >= 0.3 is 6.18 Å². The van der Waals surface area contributed by atoms with Crippen LogP contribution in [0.2, 0.25) is 0 Å². The van der Waals surface area contributed by atoms with Crippen molar-refractivity contribution in [2.24, 2.45) is 5.84 Å².